The molecule has 2 aromatic rings. The van der Waals surface area contributed by atoms with Gasteiger partial charge >= 0.3 is 0 Å². The van der Waals surface area contributed by atoms with E-state index in [-0.39, 0.29) is 17.1 Å². The molecule has 0 saturated heterocycles. The molecule has 0 unspecified atom stereocenters. The first-order valence-corrected chi connectivity index (χ1v) is 8.13. The molecule has 0 spiro atoms. The zero-order valence-electron chi connectivity index (χ0n) is 12.6. The van der Waals surface area contributed by atoms with Crippen LogP contribution in [0.15, 0.2) is 48.5 Å². The van der Waals surface area contributed by atoms with Crippen LogP contribution in [0.2, 0.25) is 5.02 Å². The van der Waals surface area contributed by atoms with Gasteiger partial charge in [-0.25, -0.2) is 0 Å². The van der Waals surface area contributed by atoms with Crippen molar-refractivity contribution in [2.75, 3.05) is 13.2 Å². The highest BCUT2D eigenvalue weighted by Crippen LogP contribution is 2.30. The summed E-state index contributed by atoms with van der Waals surface area (Å²) in [6, 6.07) is 14.1. The van der Waals surface area contributed by atoms with Gasteiger partial charge in [0.05, 0.1) is 6.54 Å². The summed E-state index contributed by atoms with van der Waals surface area (Å²) in [6.07, 6.45) is -0.190. The van der Waals surface area contributed by atoms with Crippen molar-refractivity contribution in [1.82, 2.24) is 10.6 Å². The summed E-state index contributed by atoms with van der Waals surface area (Å²) in [5, 5.41) is 6.38. The first-order valence-electron chi connectivity index (χ1n) is 7.35. The molecule has 2 N–H and O–H groups in total. The van der Waals surface area contributed by atoms with Gasteiger partial charge in [-0.3, -0.25) is 10.1 Å². The average Bonchev–Trinajstić information content (AvgIpc) is 2.60. The van der Waals surface area contributed by atoms with Crippen molar-refractivity contribution in [1.29, 1.82) is 0 Å². The molecule has 5 nitrogen and oxygen atoms in total. The highest BCUT2D eigenvalue weighted by atomic mass is 35.5. The Morgan fingerprint density at radius 1 is 1.17 bits per heavy atom. The molecule has 0 saturated carbocycles. The number of hydrogen-bond donors (Lipinski definition) is 2. The second-order valence-corrected chi connectivity index (χ2v) is 6.01. The van der Waals surface area contributed by atoms with Crippen LogP contribution in [0.3, 0.4) is 0 Å². The number of ether oxygens (including phenoxy) is 2. The third kappa shape index (κ3) is 4.15. The summed E-state index contributed by atoms with van der Waals surface area (Å²) in [4.78, 5) is 12.0. The highest BCUT2D eigenvalue weighted by Gasteiger charge is 2.20. The van der Waals surface area contributed by atoms with Gasteiger partial charge in [-0.2, -0.15) is 0 Å². The molecule has 1 aliphatic heterocycles. The lowest BCUT2D eigenvalue weighted by atomic mass is 10.2. The third-order valence-electron chi connectivity index (χ3n) is 3.39. The molecule has 1 aliphatic rings. The van der Waals surface area contributed by atoms with Gasteiger partial charge in [-0.1, -0.05) is 23.7 Å². The van der Waals surface area contributed by atoms with E-state index in [9.17, 15) is 4.79 Å². The molecule has 7 heteroatoms. The molecule has 0 fully saturated rings. The van der Waals surface area contributed by atoms with Crippen molar-refractivity contribution in [3.63, 3.8) is 0 Å². The van der Waals surface area contributed by atoms with E-state index in [1.807, 2.05) is 24.3 Å². The van der Waals surface area contributed by atoms with Crippen molar-refractivity contribution in [3.8, 4) is 11.5 Å². The smallest absolute Gasteiger partial charge is 0.257 e. The summed E-state index contributed by atoms with van der Waals surface area (Å²) < 4.78 is 11.4. The van der Waals surface area contributed by atoms with Crippen LogP contribution in [0.25, 0.3) is 0 Å². The van der Waals surface area contributed by atoms with Crippen LogP contribution in [-0.2, 0) is 0 Å². The molecule has 0 bridgehead atoms. The van der Waals surface area contributed by atoms with Crippen LogP contribution in [0.4, 0.5) is 0 Å². The van der Waals surface area contributed by atoms with Gasteiger partial charge in [0.15, 0.2) is 16.6 Å². The Bertz CT molecular complexity index is 752. The molecule has 0 aliphatic carbocycles. The third-order valence-corrected chi connectivity index (χ3v) is 3.89. The normalized spacial score (nSPS) is 15.5. The molecule has 24 heavy (non-hydrogen) atoms. The van der Waals surface area contributed by atoms with Crippen LogP contribution in [0.1, 0.15) is 10.4 Å². The Morgan fingerprint density at radius 2 is 1.88 bits per heavy atom. The minimum atomic E-state index is -0.296. The average molecular weight is 363 g/mol. The number of halogens is 1. The topological polar surface area (TPSA) is 59.6 Å². The minimum absolute atomic E-state index is 0.190. The SMILES string of the molecule is O=C(NC(=S)NC[C@H]1COc2ccccc2O1)c1ccc(Cl)cc1. The van der Waals surface area contributed by atoms with Crippen LogP contribution in [0, 0.1) is 0 Å². The van der Waals surface area contributed by atoms with E-state index in [0.717, 1.165) is 5.75 Å². The quantitative estimate of drug-likeness (QED) is 0.822. The molecule has 3 rings (SSSR count). The molecule has 0 radical (unpaired) electrons. The maximum absolute atomic E-state index is 12.0. The predicted molar refractivity (Wildman–Crippen MR) is 95.9 cm³/mol. The lowest BCUT2D eigenvalue weighted by Gasteiger charge is -2.26. The molecule has 124 valence electrons. The molecular weight excluding hydrogens is 348 g/mol. The second kappa shape index (κ2) is 7.51. The highest BCUT2D eigenvalue weighted by molar-refractivity contribution is 7.80. The van der Waals surface area contributed by atoms with E-state index < -0.39 is 0 Å². The van der Waals surface area contributed by atoms with E-state index in [0.29, 0.717) is 29.5 Å². The number of hydrogen-bond acceptors (Lipinski definition) is 4. The second-order valence-electron chi connectivity index (χ2n) is 5.17. The number of carbonyl (C=O) groups is 1. The summed E-state index contributed by atoms with van der Waals surface area (Å²) >= 11 is 10.9. The summed E-state index contributed by atoms with van der Waals surface area (Å²) in [7, 11) is 0. The van der Waals surface area contributed by atoms with Gasteiger partial charge in [0.1, 0.15) is 12.7 Å². The standard InChI is InChI=1S/C17H15ClN2O3S/c18-12-7-5-11(6-8-12)16(21)20-17(24)19-9-13-10-22-14-3-1-2-4-15(14)23-13/h1-8,13H,9-10H2,(H2,19,20,21,24)/t13-/m0/s1. The van der Waals surface area contributed by atoms with Crippen molar-refractivity contribution < 1.29 is 14.3 Å². The van der Waals surface area contributed by atoms with Crippen LogP contribution < -0.4 is 20.1 Å². The summed E-state index contributed by atoms with van der Waals surface area (Å²) in [6.45, 7) is 0.839. The number of carbonyl (C=O) groups excluding carboxylic acids is 1. The lowest BCUT2D eigenvalue weighted by Crippen LogP contribution is -2.45. The zero-order chi connectivity index (χ0) is 16.9. The van der Waals surface area contributed by atoms with Crippen LogP contribution >= 0.6 is 23.8 Å². The van der Waals surface area contributed by atoms with Gasteiger partial charge in [0.25, 0.3) is 5.91 Å². The van der Waals surface area contributed by atoms with Gasteiger partial charge < -0.3 is 14.8 Å². The van der Waals surface area contributed by atoms with Gasteiger partial charge in [-0.15, -0.1) is 0 Å². The Balaban J connectivity index is 1.48. The Labute approximate surface area is 149 Å². The molecular formula is C17H15ClN2O3S. The van der Waals surface area contributed by atoms with Crippen LogP contribution in [-0.4, -0.2) is 30.3 Å². The largest absolute Gasteiger partial charge is 0.486 e. The number of nitrogens with one attached hydrogen (secondary N) is 2. The monoisotopic (exact) mass is 362 g/mol. The molecule has 1 atom stereocenters. The Morgan fingerprint density at radius 3 is 2.62 bits per heavy atom. The number of thiocarbonyl (C=S) groups is 1. The fraction of sp³-hybridized carbons (Fsp3) is 0.176. The van der Waals surface area contributed by atoms with Crippen molar-refractivity contribution in [2.24, 2.45) is 0 Å². The number of para-hydroxylation sites is 2. The number of benzene rings is 2. The predicted octanol–water partition coefficient (Wildman–Crippen LogP) is 2.78. The van der Waals surface area contributed by atoms with Crippen molar-refractivity contribution >= 4 is 34.8 Å². The van der Waals surface area contributed by atoms with Gasteiger partial charge in [0.2, 0.25) is 0 Å². The summed E-state index contributed by atoms with van der Waals surface area (Å²) in [5.41, 5.74) is 0.481. The van der Waals surface area contributed by atoms with E-state index in [1.165, 1.54) is 0 Å². The molecule has 1 heterocycles. The van der Waals surface area contributed by atoms with Gasteiger partial charge in [-0.05, 0) is 48.6 Å². The van der Waals surface area contributed by atoms with E-state index in [1.54, 1.807) is 24.3 Å². The Kier molecular flexibility index (Phi) is 5.17. The first kappa shape index (κ1) is 16.5. The maximum Gasteiger partial charge on any atom is 0.257 e. The molecule has 2 aromatic carbocycles. The maximum atomic E-state index is 12.0. The number of amides is 1. The first-order chi connectivity index (χ1) is 11.6. The van der Waals surface area contributed by atoms with E-state index >= 15 is 0 Å². The zero-order valence-corrected chi connectivity index (χ0v) is 14.2. The fourth-order valence-electron chi connectivity index (χ4n) is 2.19. The molecule has 1 amide bonds. The minimum Gasteiger partial charge on any atom is -0.486 e. The van der Waals surface area contributed by atoms with Gasteiger partial charge in [0, 0.05) is 10.6 Å². The summed E-state index contributed by atoms with van der Waals surface area (Å²) in [5.74, 6) is 1.13. The van der Waals surface area contributed by atoms with E-state index in [4.69, 9.17) is 33.3 Å². The Hall–Kier alpha value is -2.31. The van der Waals surface area contributed by atoms with Crippen molar-refractivity contribution in [3.05, 3.63) is 59.1 Å². The van der Waals surface area contributed by atoms with Crippen molar-refractivity contribution in [2.45, 2.75) is 6.10 Å². The van der Waals surface area contributed by atoms with E-state index in [2.05, 4.69) is 10.6 Å². The number of fused-ring (bicyclic) bond motifs is 1. The molecule has 0 aromatic heterocycles. The lowest BCUT2D eigenvalue weighted by molar-refractivity contribution is 0.0928. The van der Waals surface area contributed by atoms with Crippen LogP contribution in [0.5, 0.6) is 11.5 Å². The number of rotatable bonds is 3. The fourth-order valence-corrected chi connectivity index (χ4v) is 2.49.